The van der Waals surface area contributed by atoms with Crippen molar-refractivity contribution in [3.05, 3.63) is 62.6 Å². The standard InChI is InChI=1S/C23H28Cl3N3O4S/c1-5-10-27-23(31)16(3)28(13-17-6-7-19(25)12-20(17)26)22(30)14-29(34(4,32)33)21-9-8-18(24)11-15(21)2/h6-9,11-12,16H,5,10,13-14H2,1-4H3,(H,27,31)/t16-/m1/s1. The molecule has 2 aromatic carbocycles. The van der Waals surface area contributed by atoms with Gasteiger partial charge in [0.1, 0.15) is 12.6 Å². The molecule has 2 aromatic rings. The van der Waals surface area contributed by atoms with Crippen LogP contribution in [-0.2, 0) is 26.2 Å². The predicted octanol–water partition coefficient (Wildman–Crippen LogP) is 4.66. The van der Waals surface area contributed by atoms with Gasteiger partial charge in [0, 0.05) is 28.2 Å². The van der Waals surface area contributed by atoms with Crippen LogP contribution in [0.5, 0.6) is 0 Å². The van der Waals surface area contributed by atoms with E-state index in [4.69, 9.17) is 34.8 Å². The molecule has 0 unspecified atom stereocenters. The number of anilines is 1. The maximum atomic E-state index is 13.5. The van der Waals surface area contributed by atoms with Crippen LogP contribution in [0.1, 0.15) is 31.4 Å². The van der Waals surface area contributed by atoms with Crippen LogP contribution in [0.2, 0.25) is 15.1 Å². The lowest BCUT2D eigenvalue weighted by atomic mass is 10.1. The molecular weight excluding hydrogens is 521 g/mol. The van der Waals surface area contributed by atoms with Crippen molar-refractivity contribution in [3.63, 3.8) is 0 Å². The fraction of sp³-hybridized carbons (Fsp3) is 0.391. The van der Waals surface area contributed by atoms with Crippen molar-refractivity contribution >= 4 is 62.3 Å². The molecule has 0 radical (unpaired) electrons. The van der Waals surface area contributed by atoms with Crippen molar-refractivity contribution in [2.24, 2.45) is 0 Å². The second-order valence-corrected chi connectivity index (χ2v) is 11.1. The maximum Gasteiger partial charge on any atom is 0.244 e. The molecule has 1 atom stereocenters. The van der Waals surface area contributed by atoms with E-state index in [0.717, 1.165) is 17.0 Å². The summed E-state index contributed by atoms with van der Waals surface area (Å²) in [5.41, 5.74) is 1.49. The van der Waals surface area contributed by atoms with Gasteiger partial charge < -0.3 is 10.2 Å². The van der Waals surface area contributed by atoms with Crippen molar-refractivity contribution < 1.29 is 18.0 Å². The van der Waals surface area contributed by atoms with E-state index in [-0.39, 0.29) is 12.5 Å². The Kier molecular flexibility index (Phi) is 10.1. The van der Waals surface area contributed by atoms with E-state index in [0.29, 0.717) is 38.4 Å². The molecule has 0 aliphatic carbocycles. The number of carbonyl (C=O) groups excluding carboxylic acids is 2. The van der Waals surface area contributed by atoms with E-state index >= 15 is 0 Å². The smallest absolute Gasteiger partial charge is 0.244 e. The van der Waals surface area contributed by atoms with Gasteiger partial charge in [-0.3, -0.25) is 13.9 Å². The number of rotatable bonds is 10. The molecule has 0 heterocycles. The van der Waals surface area contributed by atoms with Gasteiger partial charge in [-0.15, -0.1) is 0 Å². The highest BCUT2D eigenvalue weighted by Gasteiger charge is 2.30. The van der Waals surface area contributed by atoms with Gasteiger partial charge in [-0.2, -0.15) is 0 Å². The van der Waals surface area contributed by atoms with E-state index < -0.39 is 28.5 Å². The summed E-state index contributed by atoms with van der Waals surface area (Å²) in [6, 6.07) is 8.68. The molecule has 0 aliphatic heterocycles. The molecule has 0 aliphatic rings. The number of aryl methyl sites for hydroxylation is 1. The molecule has 1 N–H and O–H groups in total. The Morgan fingerprint density at radius 1 is 1.06 bits per heavy atom. The fourth-order valence-corrected chi connectivity index (χ4v) is 4.91. The number of nitrogens with zero attached hydrogens (tertiary/aromatic N) is 2. The molecule has 0 aromatic heterocycles. The highest BCUT2D eigenvalue weighted by atomic mass is 35.5. The summed E-state index contributed by atoms with van der Waals surface area (Å²) in [7, 11) is -3.83. The maximum absolute atomic E-state index is 13.5. The lowest BCUT2D eigenvalue weighted by Gasteiger charge is -2.32. The third-order valence-electron chi connectivity index (χ3n) is 5.18. The molecule has 0 saturated carbocycles. The number of nitrogens with one attached hydrogen (secondary N) is 1. The van der Waals surface area contributed by atoms with E-state index in [1.165, 1.54) is 4.90 Å². The van der Waals surface area contributed by atoms with Crippen LogP contribution in [0.4, 0.5) is 5.69 Å². The third-order valence-corrected chi connectivity index (χ3v) is 7.13. The zero-order valence-corrected chi connectivity index (χ0v) is 22.5. The molecule has 2 rings (SSSR count). The first-order valence-corrected chi connectivity index (χ1v) is 13.6. The Balaban J connectivity index is 2.44. The second kappa shape index (κ2) is 12.1. The van der Waals surface area contributed by atoms with Crippen molar-refractivity contribution in [2.45, 2.75) is 39.8 Å². The summed E-state index contributed by atoms with van der Waals surface area (Å²) in [5.74, 6) is -0.918. The van der Waals surface area contributed by atoms with Crippen LogP contribution >= 0.6 is 34.8 Å². The van der Waals surface area contributed by atoms with E-state index in [1.54, 1.807) is 50.2 Å². The van der Waals surface area contributed by atoms with Gasteiger partial charge in [0.2, 0.25) is 21.8 Å². The number of amides is 2. The van der Waals surface area contributed by atoms with Gasteiger partial charge >= 0.3 is 0 Å². The largest absolute Gasteiger partial charge is 0.354 e. The van der Waals surface area contributed by atoms with Crippen molar-refractivity contribution in [3.8, 4) is 0 Å². The number of hydrogen-bond acceptors (Lipinski definition) is 4. The quantitative estimate of drug-likeness (QED) is 0.468. The minimum absolute atomic E-state index is 0.00719. The van der Waals surface area contributed by atoms with E-state index in [9.17, 15) is 18.0 Å². The van der Waals surface area contributed by atoms with Gasteiger partial charge in [-0.1, -0.05) is 47.8 Å². The fourth-order valence-electron chi connectivity index (χ4n) is 3.31. The summed E-state index contributed by atoms with van der Waals surface area (Å²) < 4.78 is 26.3. The third kappa shape index (κ3) is 7.50. The molecule has 0 spiro atoms. The average Bonchev–Trinajstić information content (AvgIpc) is 2.74. The van der Waals surface area contributed by atoms with Crippen LogP contribution in [0.3, 0.4) is 0 Å². The second-order valence-electron chi connectivity index (χ2n) is 7.92. The predicted molar refractivity (Wildman–Crippen MR) is 138 cm³/mol. The number of benzene rings is 2. The van der Waals surface area contributed by atoms with Gasteiger partial charge in [0.05, 0.1) is 11.9 Å². The van der Waals surface area contributed by atoms with Crippen LogP contribution < -0.4 is 9.62 Å². The Morgan fingerprint density at radius 2 is 1.68 bits per heavy atom. The zero-order valence-electron chi connectivity index (χ0n) is 19.4. The molecule has 34 heavy (non-hydrogen) atoms. The zero-order chi connectivity index (χ0) is 25.6. The molecule has 2 amide bonds. The van der Waals surface area contributed by atoms with Crippen molar-refractivity contribution in [1.29, 1.82) is 0 Å². The first kappa shape index (κ1) is 28.2. The highest BCUT2D eigenvalue weighted by molar-refractivity contribution is 7.92. The van der Waals surface area contributed by atoms with Gasteiger partial charge in [0.15, 0.2) is 0 Å². The Labute approximate surface area is 216 Å². The summed E-state index contributed by atoms with van der Waals surface area (Å²) in [6.07, 6.45) is 1.75. The Morgan fingerprint density at radius 3 is 2.24 bits per heavy atom. The Hall–Kier alpha value is -2.00. The molecule has 186 valence electrons. The number of halogens is 3. The van der Waals surface area contributed by atoms with Crippen LogP contribution in [-0.4, -0.2) is 50.5 Å². The minimum atomic E-state index is -3.83. The summed E-state index contributed by atoms with van der Waals surface area (Å²) >= 11 is 18.3. The van der Waals surface area contributed by atoms with E-state index in [1.807, 2.05) is 6.92 Å². The molecule has 0 fully saturated rings. The topological polar surface area (TPSA) is 86.8 Å². The lowest BCUT2D eigenvalue weighted by Crippen LogP contribution is -2.51. The number of carbonyl (C=O) groups is 2. The lowest BCUT2D eigenvalue weighted by molar-refractivity contribution is -0.139. The van der Waals surface area contributed by atoms with Crippen LogP contribution in [0.15, 0.2) is 36.4 Å². The SMILES string of the molecule is CCCNC(=O)[C@@H](C)N(Cc1ccc(Cl)cc1Cl)C(=O)CN(c1ccc(Cl)cc1C)S(C)(=O)=O. The van der Waals surface area contributed by atoms with Crippen LogP contribution in [0, 0.1) is 6.92 Å². The molecule has 11 heteroatoms. The first-order chi connectivity index (χ1) is 15.8. The van der Waals surface area contributed by atoms with E-state index in [2.05, 4.69) is 5.32 Å². The molecule has 7 nitrogen and oxygen atoms in total. The number of hydrogen-bond donors (Lipinski definition) is 1. The molecule has 0 saturated heterocycles. The summed E-state index contributed by atoms with van der Waals surface area (Å²) in [5, 5.41) is 3.99. The van der Waals surface area contributed by atoms with Gasteiger partial charge in [-0.05, 0) is 61.7 Å². The molecule has 0 bridgehead atoms. The molecular formula is C23H28Cl3N3O4S. The first-order valence-electron chi connectivity index (χ1n) is 10.6. The average molecular weight is 549 g/mol. The van der Waals surface area contributed by atoms with Gasteiger partial charge in [-0.25, -0.2) is 8.42 Å². The monoisotopic (exact) mass is 547 g/mol. The normalized spacial score (nSPS) is 12.2. The van der Waals surface area contributed by atoms with Crippen molar-refractivity contribution in [1.82, 2.24) is 10.2 Å². The minimum Gasteiger partial charge on any atom is -0.354 e. The summed E-state index contributed by atoms with van der Waals surface area (Å²) in [6.45, 7) is 5.15. The van der Waals surface area contributed by atoms with Crippen molar-refractivity contribution in [2.75, 3.05) is 23.7 Å². The van der Waals surface area contributed by atoms with Crippen LogP contribution in [0.25, 0.3) is 0 Å². The Bertz CT molecular complexity index is 1160. The number of sulfonamides is 1. The highest BCUT2D eigenvalue weighted by Crippen LogP contribution is 2.27. The summed E-state index contributed by atoms with van der Waals surface area (Å²) in [4.78, 5) is 27.5. The van der Waals surface area contributed by atoms with Gasteiger partial charge in [0.25, 0.3) is 0 Å².